The maximum absolute atomic E-state index is 11.9. The zero-order valence-corrected chi connectivity index (χ0v) is 12.2. The number of sulfone groups is 1. The molecule has 2 atom stereocenters. The number of carbonyl (C=O) groups excluding carboxylic acids is 1. The van der Waals surface area contributed by atoms with Crippen molar-refractivity contribution in [2.24, 2.45) is 0 Å². The number of likely N-dealkylation sites (N-methyl/N-ethyl adjacent to an activating group) is 1. The summed E-state index contributed by atoms with van der Waals surface area (Å²) in [5, 5.41) is 6.11. The summed E-state index contributed by atoms with van der Waals surface area (Å²) < 4.78 is 23.0. The molecule has 2 heterocycles. The molecule has 110 valence electrons. The van der Waals surface area contributed by atoms with Crippen LogP contribution in [0.2, 0.25) is 0 Å². The van der Waals surface area contributed by atoms with Crippen LogP contribution in [0, 0.1) is 0 Å². The Morgan fingerprint density at radius 1 is 1.47 bits per heavy atom. The van der Waals surface area contributed by atoms with E-state index in [1.165, 1.54) is 0 Å². The maximum Gasteiger partial charge on any atom is 0.221 e. The van der Waals surface area contributed by atoms with Gasteiger partial charge in [-0.05, 0) is 26.4 Å². The van der Waals surface area contributed by atoms with Crippen LogP contribution in [0.1, 0.15) is 19.3 Å². The van der Waals surface area contributed by atoms with Crippen LogP contribution in [0.3, 0.4) is 0 Å². The van der Waals surface area contributed by atoms with Gasteiger partial charge in [0.2, 0.25) is 5.91 Å². The highest BCUT2D eigenvalue weighted by Gasteiger charge is 2.27. The zero-order chi connectivity index (χ0) is 13.9. The van der Waals surface area contributed by atoms with Gasteiger partial charge in [-0.2, -0.15) is 0 Å². The van der Waals surface area contributed by atoms with Gasteiger partial charge in [0.25, 0.3) is 0 Å². The highest BCUT2D eigenvalue weighted by Crippen LogP contribution is 2.09. The second-order valence-electron chi connectivity index (χ2n) is 5.64. The minimum absolute atomic E-state index is 0.0464. The van der Waals surface area contributed by atoms with E-state index in [2.05, 4.69) is 15.5 Å². The monoisotopic (exact) mass is 289 g/mol. The summed E-state index contributed by atoms with van der Waals surface area (Å²) in [7, 11) is -0.921. The van der Waals surface area contributed by atoms with E-state index >= 15 is 0 Å². The molecule has 2 aliphatic rings. The van der Waals surface area contributed by atoms with Crippen LogP contribution in [0.5, 0.6) is 0 Å². The molecule has 2 fully saturated rings. The number of hydrogen-bond acceptors (Lipinski definition) is 5. The third-order valence-electron chi connectivity index (χ3n) is 3.72. The topological polar surface area (TPSA) is 78.5 Å². The number of nitrogens with zero attached hydrogens (tertiary/aromatic N) is 1. The predicted molar refractivity (Wildman–Crippen MR) is 73.7 cm³/mol. The standard InChI is InChI=1S/C12H23N3O3S/c1-15-5-2-3-10(8-15)14-12(16)7-11-9-19(17,18)6-4-13-11/h10-11,13H,2-9H2,1H3,(H,14,16). The van der Waals surface area contributed by atoms with Crippen molar-refractivity contribution in [3.05, 3.63) is 0 Å². The van der Waals surface area contributed by atoms with Crippen molar-refractivity contribution in [3.63, 3.8) is 0 Å². The molecule has 0 spiro atoms. The first-order valence-electron chi connectivity index (χ1n) is 6.86. The second-order valence-corrected chi connectivity index (χ2v) is 7.87. The maximum atomic E-state index is 11.9. The van der Waals surface area contributed by atoms with Crippen LogP contribution in [0.4, 0.5) is 0 Å². The van der Waals surface area contributed by atoms with Gasteiger partial charge in [-0.25, -0.2) is 8.42 Å². The summed E-state index contributed by atoms with van der Waals surface area (Å²) in [5.74, 6) is 0.207. The molecule has 0 aromatic rings. The molecule has 0 radical (unpaired) electrons. The molecule has 0 aromatic carbocycles. The lowest BCUT2D eigenvalue weighted by Gasteiger charge is -2.31. The van der Waals surface area contributed by atoms with Crippen LogP contribution < -0.4 is 10.6 Å². The average Bonchev–Trinajstić information content (AvgIpc) is 2.27. The lowest BCUT2D eigenvalue weighted by molar-refractivity contribution is -0.122. The number of rotatable bonds is 3. The van der Waals surface area contributed by atoms with E-state index in [1.54, 1.807) is 0 Å². The first-order valence-corrected chi connectivity index (χ1v) is 8.68. The van der Waals surface area contributed by atoms with Gasteiger partial charge in [-0.1, -0.05) is 0 Å². The highest BCUT2D eigenvalue weighted by atomic mass is 32.2. The van der Waals surface area contributed by atoms with Crippen LogP contribution in [0.15, 0.2) is 0 Å². The lowest BCUT2D eigenvalue weighted by Crippen LogP contribution is -2.50. The van der Waals surface area contributed by atoms with E-state index in [0.29, 0.717) is 6.54 Å². The number of likely N-dealkylation sites (tertiary alicyclic amines) is 1. The molecule has 2 aliphatic heterocycles. The molecule has 1 amide bonds. The molecule has 0 bridgehead atoms. The van der Waals surface area contributed by atoms with Crippen molar-refractivity contribution in [2.45, 2.75) is 31.3 Å². The molecule has 19 heavy (non-hydrogen) atoms. The Bertz CT molecular complexity index is 424. The molecule has 0 saturated carbocycles. The zero-order valence-electron chi connectivity index (χ0n) is 11.4. The second kappa shape index (κ2) is 6.19. The summed E-state index contributed by atoms with van der Waals surface area (Å²) in [6.07, 6.45) is 2.35. The summed E-state index contributed by atoms with van der Waals surface area (Å²) in [5.41, 5.74) is 0. The van der Waals surface area contributed by atoms with Crippen LogP contribution >= 0.6 is 0 Å². The van der Waals surface area contributed by atoms with E-state index in [0.717, 1.165) is 25.9 Å². The van der Waals surface area contributed by atoms with Crippen molar-refractivity contribution < 1.29 is 13.2 Å². The number of amides is 1. The Labute approximate surface area is 114 Å². The highest BCUT2D eigenvalue weighted by molar-refractivity contribution is 7.91. The Morgan fingerprint density at radius 3 is 2.95 bits per heavy atom. The summed E-state index contributed by atoms with van der Waals surface area (Å²) in [6.45, 7) is 2.41. The molecule has 0 aromatic heterocycles. The summed E-state index contributed by atoms with van der Waals surface area (Å²) in [6, 6.07) is -0.0356. The van der Waals surface area contributed by atoms with Gasteiger partial charge in [0.15, 0.2) is 9.84 Å². The van der Waals surface area contributed by atoms with Gasteiger partial charge in [0.1, 0.15) is 0 Å². The van der Waals surface area contributed by atoms with Crippen molar-refractivity contribution in [2.75, 3.05) is 38.2 Å². The van der Waals surface area contributed by atoms with Gasteiger partial charge in [0.05, 0.1) is 11.5 Å². The molecule has 0 aliphatic carbocycles. The molecule has 2 rings (SSSR count). The molecular formula is C12H23N3O3S. The predicted octanol–water partition coefficient (Wildman–Crippen LogP) is -1.03. The van der Waals surface area contributed by atoms with Crippen LogP contribution in [-0.2, 0) is 14.6 Å². The van der Waals surface area contributed by atoms with Gasteiger partial charge in [0, 0.05) is 31.6 Å². The fraction of sp³-hybridized carbons (Fsp3) is 0.917. The van der Waals surface area contributed by atoms with Crippen LogP contribution in [-0.4, -0.2) is 69.5 Å². The molecular weight excluding hydrogens is 266 g/mol. The van der Waals surface area contributed by atoms with E-state index < -0.39 is 9.84 Å². The smallest absolute Gasteiger partial charge is 0.221 e. The van der Waals surface area contributed by atoms with E-state index in [9.17, 15) is 13.2 Å². The van der Waals surface area contributed by atoms with Crippen molar-refractivity contribution in [1.29, 1.82) is 0 Å². The minimum atomic E-state index is -2.97. The fourth-order valence-electron chi connectivity index (χ4n) is 2.79. The molecule has 2 saturated heterocycles. The minimum Gasteiger partial charge on any atom is -0.352 e. The summed E-state index contributed by atoms with van der Waals surface area (Å²) >= 11 is 0. The fourth-order valence-corrected chi connectivity index (χ4v) is 4.24. The average molecular weight is 289 g/mol. The van der Waals surface area contributed by atoms with Gasteiger partial charge < -0.3 is 15.5 Å². The van der Waals surface area contributed by atoms with E-state index in [4.69, 9.17) is 0 Å². The van der Waals surface area contributed by atoms with Crippen molar-refractivity contribution >= 4 is 15.7 Å². The molecule has 6 nitrogen and oxygen atoms in total. The lowest BCUT2D eigenvalue weighted by atomic mass is 10.1. The van der Waals surface area contributed by atoms with Gasteiger partial charge in [-0.15, -0.1) is 0 Å². The Hall–Kier alpha value is -0.660. The number of nitrogens with one attached hydrogen (secondary N) is 2. The molecule has 7 heteroatoms. The van der Waals surface area contributed by atoms with Crippen molar-refractivity contribution in [1.82, 2.24) is 15.5 Å². The SMILES string of the molecule is CN1CCCC(NC(=O)CC2CS(=O)(=O)CCN2)C1. The number of carbonyl (C=O) groups is 1. The Kier molecular flexibility index (Phi) is 4.81. The normalized spacial score (nSPS) is 31.8. The van der Waals surface area contributed by atoms with Crippen LogP contribution in [0.25, 0.3) is 0 Å². The summed E-state index contributed by atoms with van der Waals surface area (Å²) in [4.78, 5) is 14.1. The van der Waals surface area contributed by atoms with E-state index in [1.807, 2.05) is 7.05 Å². The van der Waals surface area contributed by atoms with Gasteiger partial charge >= 0.3 is 0 Å². The Morgan fingerprint density at radius 2 is 2.26 bits per heavy atom. The first-order chi connectivity index (χ1) is 8.94. The van der Waals surface area contributed by atoms with Gasteiger partial charge in [-0.3, -0.25) is 4.79 Å². The quantitative estimate of drug-likeness (QED) is 0.695. The first kappa shape index (κ1) is 14.7. The number of hydrogen-bond donors (Lipinski definition) is 2. The largest absolute Gasteiger partial charge is 0.352 e. The molecule has 2 N–H and O–H groups in total. The van der Waals surface area contributed by atoms with E-state index in [-0.39, 0.29) is 35.9 Å². The molecule has 2 unspecified atom stereocenters. The third kappa shape index (κ3) is 4.74. The third-order valence-corrected chi connectivity index (χ3v) is 5.46. The number of piperidine rings is 1. The Balaban J connectivity index is 1.77. The van der Waals surface area contributed by atoms with Crippen molar-refractivity contribution in [3.8, 4) is 0 Å².